The van der Waals surface area contributed by atoms with Crippen LogP contribution in [0, 0.1) is 0 Å². The van der Waals surface area contributed by atoms with E-state index in [1.54, 1.807) is 0 Å². The van der Waals surface area contributed by atoms with E-state index in [-0.39, 0.29) is 5.91 Å². The molecule has 1 fully saturated rings. The van der Waals surface area contributed by atoms with E-state index >= 15 is 0 Å². The Morgan fingerprint density at radius 2 is 1.88 bits per heavy atom. The Morgan fingerprint density at radius 1 is 1.19 bits per heavy atom. The highest BCUT2D eigenvalue weighted by atomic mass is 16.1. The van der Waals surface area contributed by atoms with Crippen LogP contribution in [0.2, 0.25) is 0 Å². The molecule has 1 amide bonds. The summed E-state index contributed by atoms with van der Waals surface area (Å²) in [5, 5.41) is 0. The fourth-order valence-corrected chi connectivity index (χ4v) is 2.47. The number of nitrogens with zero attached hydrogens (tertiary/aromatic N) is 1. The second-order valence-electron chi connectivity index (χ2n) is 4.69. The summed E-state index contributed by atoms with van der Waals surface area (Å²) in [6.45, 7) is 2.54. The lowest BCUT2D eigenvalue weighted by Gasteiger charge is -2.34. The van der Waals surface area contributed by atoms with E-state index in [1.165, 1.54) is 32.1 Å². The number of amides is 1. The van der Waals surface area contributed by atoms with E-state index in [1.807, 2.05) is 0 Å². The highest BCUT2D eigenvalue weighted by molar-refractivity contribution is 5.73. The summed E-state index contributed by atoms with van der Waals surface area (Å²) in [5.41, 5.74) is 10.8. The first-order valence-corrected chi connectivity index (χ1v) is 6.46. The van der Waals surface area contributed by atoms with Crippen LogP contribution in [-0.4, -0.2) is 36.5 Å². The molecular weight excluding hydrogens is 202 g/mol. The molecule has 0 aromatic carbocycles. The molecule has 1 aliphatic carbocycles. The van der Waals surface area contributed by atoms with E-state index < -0.39 is 0 Å². The molecule has 0 spiro atoms. The van der Waals surface area contributed by atoms with Crippen molar-refractivity contribution < 1.29 is 4.79 Å². The minimum absolute atomic E-state index is 0.200. The SMILES string of the molecule is NCCCN(CCC(N)=O)C1CCCCC1. The summed E-state index contributed by atoms with van der Waals surface area (Å²) < 4.78 is 0. The molecule has 1 aliphatic rings. The van der Waals surface area contributed by atoms with E-state index in [4.69, 9.17) is 11.5 Å². The van der Waals surface area contributed by atoms with Crippen LogP contribution in [-0.2, 0) is 4.79 Å². The van der Waals surface area contributed by atoms with E-state index in [0.29, 0.717) is 12.5 Å². The fraction of sp³-hybridized carbons (Fsp3) is 0.917. The van der Waals surface area contributed by atoms with Gasteiger partial charge in [-0.1, -0.05) is 19.3 Å². The highest BCUT2D eigenvalue weighted by Gasteiger charge is 2.20. The molecule has 0 saturated heterocycles. The summed E-state index contributed by atoms with van der Waals surface area (Å²) in [6, 6.07) is 0.652. The Hall–Kier alpha value is -0.610. The lowest BCUT2D eigenvalue weighted by Crippen LogP contribution is -2.40. The number of nitrogens with two attached hydrogens (primary N) is 2. The zero-order valence-corrected chi connectivity index (χ0v) is 10.2. The van der Waals surface area contributed by atoms with Gasteiger partial charge in [0.2, 0.25) is 5.91 Å². The minimum atomic E-state index is -0.200. The van der Waals surface area contributed by atoms with Crippen LogP contribution in [0.5, 0.6) is 0 Å². The average Bonchev–Trinajstić information content (AvgIpc) is 2.30. The third-order valence-electron chi connectivity index (χ3n) is 3.39. The van der Waals surface area contributed by atoms with Gasteiger partial charge in [-0.25, -0.2) is 0 Å². The van der Waals surface area contributed by atoms with Crippen molar-refractivity contribution in [3.05, 3.63) is 0 Å². The molecule has 0 aliphatic heterocycles. The van der Waals surface area contributed by atoms with Gasteiger partial charge < -0.3 is 11.5 Å². The summed E-state index contributed by atoms with van der Waals surface area (Å²) >= 11 is 0. The molecule has 0 heterocycles. The summed E-state index contributed by atoms with van der Waals surface area (Å²) in [4.78, 5) is 13.2. The summed E-state index contributed by atoms with van der Waals surface area (Å²) in [6.07, 6.45) is 8.01. The van der Waals surface area contributed by atoms with Crippen molar-refractivity contribution in [2.45, 2.75) is 51.0 Å². The minimum Gasteiger partial charge on any atom is -0.370 e. The number of hydrogen-bond donors (Lipinski definition) is 2. The molecule has 0 aromatic rings. The van der Waals surface area contributed by atoms with Gasteiger partial charge in [0, 0.05) is 19.0 Å². The second kappa shape index (κ2) is 7.63. The van der Waals surface area contributed by atoms with Crippen LogP contribution < -0.4 is 11.5 Å². The van der Waals surface area contributed by atoms with Crippen molar-refractivity contribution in [2.75, 3.05) is 19.6 Å². The smallest absolute Gasteiger partial charge is 0.218 e. The Morgan fingerprint density at radius 3 is 2.44 bits per heavy atom. The average molecular weight is 227 g/mol. The van der Waals surface area contributed by atoms with Crippen molar-refractivity contribution in [2.24, 2.45) is 11.5 Å². The van der Waals surface area contributed by atoms with Gasteiger partial charge in [0.1, 0.15) is 0 Å². The third kappa shape index (κ3) is 4.94. The van der Waals surface area contributed by atoms with E-state index in [0.717, 1.165) is 26.1 Å². The molecule has 16 heavy (non-hydrogen) atoms. The van der Waals surface area contributed by atoms with Gasteiger partial charge in [-0.15, -0.1) is 0 Å². The Labute approximate surface area is 98.3 Å². The molecule has 0 radical (unpaired) electrons. The predicted molar refractivity (Wildman–Crippen MR) is 65.9 cm³/mol. The number of rotatable bonds is 7. The van der Waals surface area contributed by atoms with Gasteiger partial charge in [-0.05, 0) is 32.4 Å². The van der Waals surface area contributed by atoms with E-state index in [9.17, 15) is 4.79 Å². The first kappa shape index (κ1) is 13.5. The molecule has 1 saturated carbocycles. The van der Waals surface area contributed by atoms with E-state index in [2.05, 4.69) is 4.90 Å². The quantitative estimate of drug-likeness (QED) is 0.677. The number of hydrogen-bond acceptors (Lipinski definition) is 3. The lowest BCUT2D eigenvalue weighted by molar-refractivity contribution is -0.118. The van der Waals surface area contributed by atoms with Crippen molar-refractivity contribution in [3.8, 4) is 0 Å². The third-order valence-corrected chi connectivity index (χ3v) is 3.39. The van der Waals surface area contributed by atoms with Crippen LogP contribution in [0.4, 0.5) is 0 Å². The number of carbonyl (C=O) groups excluding carboxylic acids is 1. The molecule has 94 valence electrons. The fourth-order valence-electron chi connectivity index (χ4n) is 2.47. The van der Waals surface area contributed by atoms with Gasteiger partial charge in [0.05, 0.1) is 0 Å². The Balaban J connectivity index is 2.37. The molecule has 4 nitrogen and oxygen atoms in total. The first-order valence-electron chi connectivity index (χ1n) is 6.46. The molecule has 0 atom stereocenters. The topological polar surface area (TPSA) is 72.3 Å². The van der Waals surface area contributed by atoms with Gasteiger partial charge in [0.25, 0.3) is 0 Å². The molecule has 0 aromatic heterocycles. The largest absolute Gasteiger partial charge is 0.370 e. The van der Waals surface area contributed by atoms with Crippen LogP contribution in [0.25, 0.3) is 0 Å². The van der Waals surface area contributed by atoms with Crippen LogP contribution >= 0.6 is 0 Å². The molecular formula is C12H25N3O. The number of primary amides is 1. The molecule has 0 unspecified atom stereocenters. The van der Waals surface area contributed by atoms with Crippen molar-refractivity contribution in [3.63, 3.8) is 0 Å². The van der Waals surface area contributed by atoms with Gasteiger partial charge >= 0.3 is 0 Å². The summed E-state index contributed by atoms with van der Waals surface area (Å²) in [5.74, 6) is -0.200. The summed E-state index contributed by atoms with van der Waals surface area (Å²) in [7, 11) is 0. The standard InChI is InChI=1S/C12H25N3O/c13-8-4-9-15(10-7-12(14)16)11-5-2-1-3-6-11/h11H,1-10,13H2,(H2,14,16). The molecule has 4 heteroatoms. The maximum absolute atomic E-state index is 10.8. The van der Waals surface area contributed by atoms with Crippen molar-refractivity contribution in [1.82, 2.24) is 4.90 Å². The number of carbonyl (C=O) groups is 1. The lowest BCUT2D eigenvalue weighted by atomic mass is 9.94. The molecule has 1 rings (SSSR count). The monoisotopic (exact) mass is 227 g/mol. The molecule has 0 bridgehead atoms. The zero-order valence-electron chi connectivity index (χ0n) is 10.2. The van der Waals surface area contributed by atoms with Crippen LogP contribution in [0.1, 0.15) is 44.9 Å². The maximum atomic E-state index is 10.8. The maximum Gasteiger partial charge on any atom is 0.218 e. The van der Waals surface area contributed by atoms with Crippen LogP contribution in [0.15, 0.2) is 0 Å². The molecule has 4 N–H and O–H groups in total. The predicted octanol–water partition coefficient (Wildman–Crippen LogP) is 0.845. The zero-order chi connectivity index (χ0) is 11.8. The highest BCUT2D eigenvalue weighted by Crippen LogP contribution is 2.22. The normalized spacial score (nSPS) is 17.9. The first-order chi connectivity index (χ1) is 7.74. The van der Waals surface area contributed by atoms with Crippen molar-refractivity contribution >= 4 is 5.91 Å². The van der Waals surface area contributed by atoms with Crippen LogP contribution in [0.3, 0.4) is 0 Å². The van der Waals surface area contributed by atoms with Gasteiger partial charge in [-0.2, -0.15) is 0 Å². The Bertz CT molecular complexity index is 202. The van der Waals surface area contributed by atoms with Crippen molar-refractivity contribution in [1.29, 1.82) is 0 Å². The Kier molecular flexibility index (Phi) is 6.42. The van der Waals surface area contributed by atoms with Gasteiger partial charge in [-0.3, -0.25) is 9.69 Å². The second-order valence-corrected chi connectivity index (χ2v) is 4.69. The van der Waals surface area contributed by atoms with Gasteiger partial charge in [0.15, 0.2) is 0 Å².